The summed E-state index contributed by atoms with van der Waals surface area (Å²) >= 11 is 0. The highest BCUT2D eigenvalue weighted by molar-refractivity contribution is 5.22. The van der Waals surface area contributed by atoms with E-state index in [-0.39, 0.29) is 16.8 Å². The van der Waals surface area contributed by atoms with Crippen LogP contribution < -0.4 is 0 Å². The molecule has 0 heterocycles. The topological polar surface area (TPSA) is 66.9 Å². The van der Waals surface area contributed by atoms with Crippen molar-refractivity contribution in [3.63, 3.8) is 0 Å². The fourth-order valence-corrected chi connectivity index (χ4v) is 3.03. The summed E-state index contributed by atoms with van der Waals surface area (Å²) in [6.45, 7) is 3.78. The number of hydrogen-bond donors (Lipinski definition) is 0. The van der Waals surface area contributed by atoms with Crippen LogP contribution >= 0.6 is 0 Å². The van der Waals surface area contributed by atoms with E-state index in [2.05, 4.69) is 13.0 Å². The van der Waals surface area contributed by atoms with Crippen LogP contribution in [0, 0.1) is 27.4 Å². The molecule has 0 spiro atoms. The van der Waals surface area contributed by atoms with Crippen molar-refractivity contribution >= 4 is 0 Å². The maximum Gasteiger partial charge on any atom is 0.211 e. The number of benzene rings is 1. The Balaban J connectivity index is 2.76. The van der Waals surface area contributed by atoms with Crippen molar-refractivity contribution in [3.8, 4) is 6.07 Å². The molecule has 4 heteroatoms. The summed E-state index contributed by atoms with van der Waals surface area (Å²) in [5.41, 5.74) is 1.13. The summed E-state index contributed by atoms with van der Waals surface area (Å²) in [4.78, 5) is 10.7. The van der Waals surface area contributed by atoms with E-state index in [0.29, 0.717) is 6.42 Å². The van der Waals surface area contributed by atoms with Gasteiger partial charge in [-0.25, -0.2) is 0 Å². The molecule has 3 unspecified atom stereocenters. The molecule has 1 aromatic carbocycles. The molecule has 0 radical (unpaired) electrons. The van der Waals surface area contributed by atoms with Gasteiger partial charge in [0.1, 0.15) is 0 Å². The lowest BCUT2D eigenvalue weighted by Crippen LogP contribution is -2.22. The van der Waals surface area contributed by atoms with Crippen LogP contribution in [0.1, 0.15) is 70.3 Å². The largest absolute Gasteiger partial charge is 0.264 e. The number of nitrogens with zero attached hydrogens (tertiary/aromatic N) is 2. The predicted octanol–water partition coefficient (Wildman–Crippen LogP) is 5.33. The first-order chi connectivity index (χ1) is 11.1. The monoisotopic (exact) mass is 316 g/mol. The van der Waals surface area contributed by atoms with Gasteiger partial charge in [-0.05, 0) is 17.9 Å². The molecule has 3 atom stereocenters. The Morgan fingerprint density at radius 2 is 1.83 bits per heavy atom. The molecule has 0 aliphatic carbocycles. The summed E-state index contributed by atoms with van der Waals surface area (Å²) in [5, 5.41) is 20.5. The van der Waals surface area contributed by atoms with Crippen molar-refractivity contribution in [3.05, 3.63) is 46.0 Å². The highest BCUT2D eigenvalue weighted by Gasteiger charge is 2.28. The van der Waals surface area contributed by atoms with E-state index in [1.165, 1.54) is 25.7 Å². The minimum atomic E-state index is -0.675. The maximum atomic E-state index is 10.9. The summed E-state index contributed by atoms with van der Waals surface area (Å²) in [6.07, 6.45) is 7.17. The Morgan fingerprint density at radius 3 is 2.39 bits per heavy atom. The smallest absolute Gasteiger partial charge is 0.211 e. The standard InChI is InChI=1S/C19H28N2O2/c1-3-4-5-6-10-13-19(17-11-8-7-9-12-17)18(15-20)14-16(2)21(22)23/h7-9,11-12,16,18-19H,3-6,10,13-14H2,1-2H3. The van der Waals surface area contributed by atoms with Crippen molar-refractivity contribution < 1.29 is 4.92 Å². The van der Waals surface area contributed by atoms with Gasteiger partial charge in [0.2, 0.25) is 6.04 Å². The number of unbranched alkanes of at least 4 members (excludes halogenated alkanes) is 4. The average Bonchev–Trinajstić information content (AvgIpc) is 2.57. The second-order valence-corrected chi connectivity index (χ2v) is 6.33. The molecule has 0 saturated heterocycles. The van der Waals surface area contributed by atoms with Crippen LogP contribution in [-0.4, -0.2) is 11.0 Å². The van der Waals surface area contributed by atoms with Gasteiger partial charge in [0, 0.05) is 18.3 Å². The molecule has 0 amide bonds. The van der Waals surface area contributed by atoms with E-state index >= 15 is 0 Å². The summed E-state index contributed by atoms with van der Waals surface area (Å²) in [5.74, 6) is -0.214. The van der Waals surface area contributed by atoms with E-state index in [9.17, 15) is 15.4 Å². The van der Waals surface area contributed by atoms with Crippen LogP contribution in [0.3, 0.4) is 0 Å². The Morgan fingerprint density at radius 1 is 1.17 bits per heavy atom. The van der Waals surface area contributed by atoms with E-state index in [4.69, 9.17) is 0 Å². The third-order valence-electron chi connectivity index (χ3n) is 4.45. The van der Waals surface area contributed by atoms with Gasteiger partial charge in [0.05, 0.1) is 12.0 Å². The van der Waals surface area contributed by atoms with Crippen LogP contribution in [0.15, 0.2) is 30.3 Å². The normalized spacial score (nSPS) is 14.7. The number of rotatable bonds is 11. The first-order valence-corrected chi connectivity index (χ1v) is 8.68. The summed E-state index contributed by atoms with van der Waals surface area (Å²) in [7, 11) is 0. The average molecular weight is 316 g/mol. The van der Waals surface area contributed by atoms with Gasteiger partial charge in [0.15, 0.2) is 0 Å². The molecule has 0 aliphatic heterocycles. The molecule has 0 fully saturated rings. The van der Waals surface area contributed by atoms with Gasteiger partial charge >= 0.3 is 0 Å². The molecule has 0 N–H and O–H groups in total. The zero-order chi connectivity index (χ0) is 17.1. The van der Waals surface area contributed by atoms with Gasteiger partial charge in [0.25, 0.3) is 0 Å². The Kier molecular flexibility index (Phi) is 8.97. The van der Waals surface area contributed by atoms with Crippen LogP contribution in [-0.2, 0) is 0 Å². The molecular formula is C19H28N2O2. The highest BCUT2D eigenvalue weighted by atomic mass is 16.6. The first kappa shape index (κ1) is 19.2. The molecule has 1 aromatic rings. The SMILES string of the molecule is CCCCCCCC(c1ccccc1)C(C#N)CC(C)[N+](=O)[O-]. The molecule has 126 valence electrons. The molecule has 4 nitrogen and oxygen atoms in total. The molecule has 0 bridgehead atoms. The number of nitriles is 1. The fraction of sp³-hybridized carbons (Fsp3) is 0.632. The minimum Gasteiger partial charge on any atom is -0.264 e. The van der Waals surface area contributed by atoms with Crippen molar-refractivity contribution in [2.45, 2.75) is 70.8 Å². The fourth-order valence-electron chi connectivity index (χ4n) is 3.03. The molecule has 1 rings (SSSR count). The zero-order valence-electron chi connectivity index (χ0n) is 14.3. The highest BCUT2D eigenvalue weighted by Crippen LogP contribution is 2.33. The lowest BCUT2D eigenvalue weighted by Gasteiger charge is -2.23. The molecule has 0 aromatic heterocycles. The Hall–Kier alpha value is -1.89. The van der Waals surface area contributed by atoms with Gasteiger partial charge < -0.3 is 0 Å². The number of hydrogen-bond acceptors (Lipinski definition) is 3. The third kappa shape index (κ3) is 6.81. The van der Waals surface area contributed by atoms with Crippen molar-refractivity contribution in [2.75, 3.05) is 0 Å². The molecule has 0 aliphatic rings. The summed E-state index contributed by atoms with van der Waals surface area (Å²) in [6, 6.07) is 11.7. The van der Waals surface area contributed by atoms with Crippen molar-refractivity contribution in [2.24, 2.45) is 5.92 Å². The van der Waals surface area contributed by atoms with Crippen molar-refractivity contribution in [1.29, 1.82) is 5.26 Å². The minimum absolute atomic E-state index is 0.0882. The molecular weight excluding hydrogens is 288 g/mol. The molecule has 23 heavy (non-hydrogen) atoms. The van der Waals surface area contributed by atoms with E-state index < -0.39 is 6.04 Å². The third-order valence-corrected chi connectivity index (χ3v) is 4.45. The predicted molar refractivity (Wildman–Crippen MR) is 92.7 cm³/mol. The number of nitro groups is 1. The van der Waals surface area contributed by atoms with Crippen LogP contribution in [0.2, 0.25) is 0 Å². The van der Waals surface area contributed by atoms with Crippen LogP contribution in [0.25, 0.3) is 0 Å². The van der Waals surface area contributed by atoms with Crippen molar-refractivity contribution in [1.82, 2.24) is 0 Å². The molecule has 0 saturated carbocycles. The zero-order valence-corrected chi connectivity index (χ0v) is 14.3. The Bertz CT molecular complexity index is 496. The second kappa shape index (κ2) is 10.8. The van der Waals surface area contributed by atoms with E-state index in [0.717, 1.165) is 18.4 Å². The lowest BCUT2D eigenvalue weighted by molar-refractivity contribution is -0.519. The quantitative estimate of drug-likeness (QED) is 0.315. The van der Waals surface area contributed by atoms with Gasteiger partial charge in [-0.2, -0.15) is 5.26 Å². The Labute approximate surface area is 139 Å². The van der Waals surface area contributed by atoms with Crippen LogP contribution in [0.4, 0.5) is 0 Å². The lowest BCUT2D eigenvalue weighted by atomic mass is 9.80. The van der Waals surface area contributed by atoms with E-state index in [1.54, 1.807) is 6.92 Å². The van der Waals surface area contributed by atoms with Crippen LogP contribution in [0.5, 0.6) is 0 Å². The van der Waals surface area contributed by atoms with E-state index in [1.807, 2.05) is 30.3 Å². The van der Waals surface area contributed by atoms with Gasteiger partial charge in [-0.15, -0.1) is 0 Å². The second-order valence-electron chi connectivity index (χ2n) is 6.33. The van der Waals surface area contributed by atoms with Gasteiger partial charge in [-0.1, -0.05) is 69.4 Å². The van der Waals surface area contributed by atoms with Gasteiger partial charge in [-0.3, -0.25) is 10.1 Å². The summed E-state index contributed by atoms with van der Waals surface area (Å²) < 4.78 is 0. The maximum absolute atomic E-state index is 10.9. The first-order valence-electron chi connectivity index (χ1n) is 8.68.